The number of aryl methyl sites for hydroxylation is 1. The van der Waals surface area contributed by atoms with Gasteiger partial charge in [0.25, 0.3) is 0 Å². The van der Waals surface area contributed by atoms with Crippen molar-refractivity contribution in [3.8, 4) is 5.75 Å². The molecule has 4 N–H and O–H groups in total. The molecule has 0 fully saturated rings. The van der Waals surface area contributed by atoms with E-state index in [-0.39, 0.29) is 18.4 Å². The minimum Gasteiger partial charge on any atom is -0.494 e. The van der Waals surface area contributed by atoms with Gasteiger partial charge < -0.3 is 21.1 Å². The third-order valence-corrected chi connectivity index (χ3v) is 3.53. The molecule has 25 heavy (non-hydrogen) atoms. The monoisotopic (exact) mass is 341 g/mol. The Kier molecular flexibility index (Phi) is 6.98. The van der Waals surface area contributed by atoms with Crippen molar-refractivity contribution in [1.29, 1.82) is 0 Å². The van der Waals surface area contributed by atoms with Gasteiger partial charge in [0.1, 0.15) is 5.75 Å². The Labute approximate surface area is 147 Å². The Balaban J connectivity index is 1.77. The number of carbonyl (C=O) groups is 2. The van der Waals surface area contributed by atoms with Crippen LogP contribution in [0.5, 0.6) is 5.75 Å². The van der Waals surface area contributed by atoms with Crippen LogP contribution in [0.1, 0.15) is 18.4 Å². The van der Waals surface area contributed by atoms with Gasteiger partial charge in [-0.25, -0.2) is 0 Å². The molecule has 0 aromatic heterocycles. The fourth-order valence-corrected chi connectivity index (χ4v) is 2.25. The molecule has 6 nitrogen and oxygen atoms in total. The van der Waals surface area contributed by atoms with Crippen molar-refractivity contribution >= 4 is 23.2 Å². The van der Waals surface area contributed by atoms with Crippen LogP contribution in [0, 0.1) is 6.92 Å². The molecule has 0 heterocycles. The van der Waals surface area contributed by atoms with E-state index in [0.717, 1.165) is 17.0 Å². The molecule has 0 unspecified atom stereocenters. The van der Waals surface area contributed by atoms with E-state index in [1.807, 2.05) is 37.3 Å². The molecule has 132 valence electrons. The molecule has 0 spiro atoms. The molecule has 2 aromatic carbocycles. The Bertz CT molecular complexity index is 717. The molecule has 0 atom stereocenters. The van der Waals surface area contributed by atoms with Crippen molar-refractivity contribution in [3.05, 3.63) is 54.1 Å². The van der Waals surface area contributed by atoms with Crippen LogP contribution in [0.3, 0.4) is 0 Å². The summed E-state index contributed by atoms with van der Waals surface area (Å²) in [5, 5.41) is 5.55. The molecular formula is C19H23N3O3. The molecule has 2 rings (SSSR count). The first-order valence-electron chi connectivity index (χ1n) is 8.17. The third-order valence-electron chi connectivity index (χ3n) is 3.53. The Morgan fingerprint density at radius 1 is 1.04 bits per heavy atom. The highest BCUT2D eigenvalue weighted by Gasteiger charge is 2.07. The molecule has 0 radical (unpaired) electrons. The third kappa shape index (κ3) is 6.27. The summed E-state index contributed by atoms with van der Waals surface area (Å²) < 4.78 is 5.56. The second-order valence-electron chi connectivity index (χ2n) is 5.60. The van der Waals surface area contributed by atoms with Gasteiger partial charge in [0.05, 0.1) is 13.2 Å². The summed E-state index contributed by atoms with van der Waals surface area (Å²) in [6, 6.07) is 14.8. The summed E-state index contributed by atoms with van der Waals surface area (Å²) in [7, 11) is 0. The van der Waals surface area contributed by atoms with E-state index in [0.29, 0.717) is 25.1 Å². The lowest BCUT2D eigenvalue weighted by Gasteiger charge is -2.11. The number of carbonyl (C=O) groups excluding carboxylic acids is 2. The molecule has 0 aliphatic rings. The van der Waals surface area contributed by atoms with Gasteiger partial charge in [-0.15, -0.1) is 0 Å². The van der Waals surface area contributed by atoms with Gasteiger partial charge in [-0.2, -0.15) is 0 Å². The first kappa shape index (κ1) is 18.5. The van der Waals surface area contributed by atoms with E-state index in [9.17, 15) is 9.59 Å². The van der Waals surface area contributed by atoms with Crippen LogP contribution in [0.15, 0.2) is 48.5 Å². The van der Waals surface area contributed by atoms with Crippen LogP contribution >= 0.6 is 0 Å². The number of hydrogen-bond donors (Lipinski definition) is 3. The van der Waals surface area contributed by atoms with Crippen molar-refractivity contribution in [2.24, 2.45) is 5.73 Å². The zero-order valence-electron chi connectivity index (χ0n) is 14.2. The Hall–Kier alpha value is -2.86. The van der Waals surface area contributed by atoms with Crippen LogP contribution in [0.4, 0.5) is 11.4 Å². The molecule has 0 saturated carbocycles. The number of para-hydroxylation sites is 1. The average Bonchev–Trinajstić information content (AvgIpc) is 2.62. The van der Waals surface area contributed by atoms with E-state index >= 15 is 0 Å². The second-order valence-corrected chi connectivity index (χ2v) is 5.60. The lowest BCUT2D eigenvalue weighted by Crippen LogP contribution is -2.22. The molecule has 6 heteroatoms. The van der Waals surface area contributed by atoms with Crippen LogP contribution < -0.4 is 21.1 Å². The molecule has 0 saturated heterocycles. The Morgan fingerprint density at radius 2 is 1.80 bits per heavy atom. The van der Waals surface area contributed by atoms with Crippen molar-refractivity contribution in [2.45, 2.75) is 19.8 Å². The highest BCUT2D eigenvalue weighted by Crippen LogP contribution is 2.20. The van der Waals surface area contributed by atoms with E-state index in [4.69, 9.17) is 10.5 Å². The highest BCUT2D eigenvalue weighted by atomic mass is 16.5. The van der Waals surface area contributed by atoms with Gasteiger partial charge in [0.2, 0.25) is 11.8 Å². The van der Waals surface area contributed by atoms with Gasteiger partial charge in [0, 0.05) is 17.8 Å². The second kappa shape index (κ2) is 9.44. The van der Waals surface area contributed by atoms with E-state index < -0.39 is 0 Å². The SMILES string of the molecule is Cc1cc(NC(=O)CN)ccc1NC(=O)CCCOc1ccccc1. The first-order valence-corrected chi connectivity index (χ1v) is 8.17. The predicted molar refractivity (Wildman–Crippen MR) is 98.7 cm³/mol. The van der Waals surface area contributed by atoms with Crippen molar-refractivity contribution in [3.63, 3.8) is 0 Å². The first-order chi connectivity index (χ1) is 12.1. The summed E-state index contributed by atoms with van der Waals surface area (Å²) in [4.78, 5) is 23.3. The van der Waals surface area contributed by atoms with Crippen molar-refractivity contribution in [2.75, 3.05) is 23.8 Å². The molecule has 2 aromatic rings. The van der Waals surface area contributed by atoms with Crippen LogP contribution in [-0.4, -0.2) is 25.0 Å². The topological polar surface area (TPSA) is 93.5 Å². The van der Waals surface area contributed by atoms with Gasteiger partial charge in [-0.1, -0.05) is 18.2 Å². The van der Waals surface area contributed by atoms with E-state index in [1.54, 1.807) is 18.2 Å². The molecule has 0 aliphatic carbocycles. The fraction of sp³-hybridized carbons (Fsp3) is 0.263. The predicted octanol–water partition coefficient (Wildman–Crippen LogP) is 2.69. The minimum absolute atomic E-state index is 0.0669. The van der Waals surface area contributed by atoms with Gasteiger partial charge >= 0.3 is 0 Å². The molecule has 0 aliphatic heterocycles. The largest absolute Gasteiger partial charge is 0.494 e. The lowest BCUT2D eigenvalue weighted by molar-refractivity contribution is -0.116. The van der Waals surface area contributed by atoms with Crippen LogP contribution in [-0.2, 0) is 9.59 Å². The number of nitrogens with one attached hydrogen (secondary N) is 2. The highest BCUT2D eigenvalue weighted by molar-refractivity contribution is 5.94. The number of nitrogens with two attached hydrogens (primary N) is 1. The number of hydrogen-bond acceptors (Lipinski definition) is 4. The van der Waals surface area contributed by atoms with Crippen LogP contribution in [0.25, 0.3) is 0 Å². The summed E-state index contributed by atoms with van der Waals surface area (Å²) in [5.74, 6) is 0.474. The van der Waals surface area contributed by atoms with E-state index in [2.05, 4.69) is 10.6 Å². The van der Waals surface area contributed by atoms with E-state index in [1.165, 1.54) is 0 Å². The molecular weight excluding hydrogens is 318 g/mol. The molecule has 2 amide bonds. The summed E-state index contributed by atoms with van der Waals surface area (Å²) >= 11 is 0. The van der Waals surface area contributed by atoms with Gasteiger partial charge in [-0.05, 0) is 49.2 Å². The van der Waals surface area contributed by atoms with Gasteiger partial charge in [-0.3, -0.25) is 9.59 Å². The van der Waals surface area contributed by atoms with Crippen molar-refractivity contribution < 1.29 is 14.3 Å². The van der Waals surface area contributed by atoms with Crippen molar-refractivity contribution in [1.82, 2.24) is 0 Å². The maximum absolute atomic E-state index is 12.0. The zero-order valence-corrected chi connectivity index (χ0v) is 14.2. The fourth-order valence-electron chi connectivity index (χ4n) is 2.25. The standard InChI is InChI=1S/C19H23N3O3/c1-14-12-15(21-19(24)13-20)9-10-17(14)22-18(23)8-5-11-25-16-6-3-2-4-7-16/h2-4,6-7,9-10,12H,5,8,11,13,20H2,1H3,(H,21,24)(H,22,23). The number of benzene rings is 2. The summed E-state index contributed by atoms with van der Waals surface area (Å²) in [6.07, 6.45) is 1.00. The lowest BCUT2D eigenvalue weighted by atomic mass is 10.1. The number of amides is 2. The number of rotatable bonds is 8. The number of anilines is 2. The molecule has 0 bridgehead atoms. The summed E-state index contributed by atoms with van der Waals surface area (Å²) in [5.41, 5.74) is 7.51. The van der Waals surface area contributed by atoms with Gasteiger partial charge in [0.15, 0.2) is 0 Å². The Morgan fingerprint density at radius 3 is 2.48 bits per heavy atom. The maximum Gasteiger partial charge on any atom is 0.238 e. The minimum atomic E-state index is -0.255. The smallest absolute Gasteiger partial charge is 0.238 e. The average molecular weight is 341 g/mol. The normalized spacial score (nSPS) is 10.2. The quantitative estimate of drug-likeness (QED) is 0.644. The zero-order chi connectivity index (χ0) is 18.1. The van der Waals surface area contributed by atoms with Crippen LogP contribution in [0.2, 0.25) is 0 Å². The summed E-state index contributed by atoms with van der Waals surface area (Å²) in [6.45, 7) is 2.29. The maximum atomic E-state index is 12.0. The number of ether oxygens (including phenoxy) is 1.